The Morgan fingerprint density at radius 3 is 2.17 bits per heavy atom. The molecule has 2 aliphatic rings. The van der Waals surface area contributed by atoms with E-state index in [1.54, 1.807) is 48.7 Å². The van der Waals surface area contributed by atoms with Crippen molar-refractivity contribution in [1.29, 1.82) is 0 Å². The molecular formula is C45H69N11O12S. The number of nitrogens with two attached hydrogens (primary N) is 3. The fraction of sp³-hybridized carbons (Fsp3) is 0.622. The maximum absolute atomic E-state index is 14.7. The third-order valence-electron chi connectivity index (χ3n) is 11.0. The van der Waals surface area contributed by atoms with E-state index in [0.29, 0.717) is 17.7 Å². The summed E-state index contributed by atoms with van der Waals surface area (Å²) in [6.45, 7) is -6.38. The van der Waals surface area contributed by atoms with Gasteiger partial charge in [0.05, 0.1) is 21.4 Å². The molecule has 382 valence electrons. The molecule has 3 rings (SSSR count). The molecule has 0 aliphatic carbocycles. The zero-order chi connectivity index (χ0) is 60.0. The highest BCUT2D eigenvalue weighted by Crippen LogP contribution is 2.22. The fourth-order valence-corrected chi connectivity index (χ4v) is 8.12. The van der Waals surface area contributed by atoms with Crippen LogP contribution in [0.4, 0.5) is 0 Å². The van der Waals surface area contributed by atoms with Gasteiger partial charge in [-0.25, -0.2) is 0 Å². The lowest BCUT2D eigenvalue weighted by Gasteiger charge is -2.31. The predicted molar refractivity (Wildman–Crippen MR) is 253 cm³/mol. The van der Waals surface area contributed by atoms with E-state index >= 15 is 0 Å². The smallest absolute Gasteiger partial charge is 0.246 e. The molecule has 13 N–H and O–H groups in total. The molecule has 23 nitrogen and oxygen atoms in total. The van der Waals surface area contributed by atoms with E-state index in [2.05, 4.69) is 26.6 Å². The standard InChI is InChI=1S/C45H69N11O12S/c1-6-25(4)38-44(66)51-28(15-16-34(46)57)40(62)52-31(21-35(47)58)41(63)54-32(23-69-18-8-10-37(60)50-30(42(64)55-38)20-26-11-13-27(68-5)14-12-26)45(67)56-17-7-9-33(56)43(65)53-29(19-24(2)3)39(61)49-22-36(48)59/h11-14,24-25,28-33,38H,6-10,15-23H2,1-5H3,(H2,46,57)(H2,47,58)(H2,48,59)(H,49,61)(H,50,60)(H,51,66)(H,52,62)(H,53,65)(H,54,63)(H,55,64)/t25-,28-,29-,30-,31-,32-,33-,38-/m0/s1/i2D3,3D3,19D2,24D,29D. The minimum atomic E-state index is -4.39. The van der Waals surface area contributed by atoms with E-state index in [9.17, 15) is 52.7 Å². The summed E-state index contributed by atoms with van der Waals surface area (Å²) in [5.41, 5.74) is 16.6. The first-order chi connectivity index (χ1) is 36.6. The van der Waals surface area contributed by atoms with Crippen LogP contribution in [-0.2, 0) is 59.2 Å². The van der Waals surface area contributed by atoms with Crippen LogP contribution in [0.1, 0.15) is 105 Å². The minimum absolute atomic E-state index is 0.0282. The summed E-state index contributed by atoms with van der Waals surface area (Å²) in [6, 6.07) is -7.24. The first-order valence-corrected chi connectivity index (χ1v) is 23.2. The second-order valence-corrected chi connectivity index (χ2v) is 17.4. The molecular weight excluding hydrogens is 919 g/mol. The Bertz CT molecular complexity index is 2430. The van der Waals surface area contributed by atoms with Crippen molar-refractivity contribution in [2.45, 2.75) is 134 Å². The number of nitrogens with zero attached hydrogens (tertiary/aromatic N) is 1. The van der Waals surface area contributed by atoms with Crippen molar-refractivity contribution in [2.75, 3.05) is 31.7 Å². The van der Waals surface area contributed by atoms with Gasteiger partial charge in [-0.1, -0.05) is 46.1 Å². The molecule has 69 heavy (non-hydrogen) atoms. The first-order valence-electron chi connectivity index (χ1n) is 27.0. The van der Waals surface area contributed by atoms with Gasteiger partial charge in [-0.2, -0.15) is 11.8 Å². The maximum Gasteiger partial charge on any atom is 0.246 e. The van der Waals surface area contributed by atoms with Gasteiger partial charge in [0.15, 0.2) is 0 Å². The highest BCUT2D eigenvalue weighted by atomic mass is 32.2. The molecule has 1 aromatic rings. The molecule has 2 saturated heterocycles. The molecule has 0 bridgehead atoms. The van der Waals surface area contributed by atoms with Crippen LogP contribution in [0.3, 0.4) is 0 Å². The number of carbonyl (C=O) groups is 11. The summed E-state index contributed by atoms with van der Waals surface area (Å²) in [6.07, 6.45) is -6.54. The normalized spacial score (nSPS) is 26.5. The van der Waals surface area contributed by atoms with Crippen molar-refractivity contribution in [1.82, 2.24) is 42.1 Å². The maximum atomic E-state index is 14.7. The van der Waals surface area contributed by atoms with Crippen molar-refractivity contribution in [3.63, 3.8) is 0 Å². The number of rotatable bonds is 18. The SMILES string of the molecule is [2H]C([2H])([2H])C([2H])(C([2H])([2H])[2H])C([2H])([2H])[C@]([2H])(NC(=O)[C@@H]1CCCN1C(=O)[C@@H]1CSCCCC(=O)N[C@@H](Cc2ccc(OC)cc2)C(=O)N[C@@H]([C@@H](C)CC)C(=O)N[C@@H](CCC(N)=O)C(=O)N[C@@H](CC(N)=O)C(=O)N1)C(=O)NCC(N)=O. The summed E-state index contributed by atoms with van der Waals surface area (Å²) in [4.78, 5) is 150. The third-order valence-corrected chi connectivity index (χ3v) is 12.1. The Balaban J connectivity index is 2.14. The lowest BCUT2D eigenvalue weighted by Crippen LogP contribution is -2.61. The average molecular weight is 998 g/mol. The topological polar surface area (TPSA) is 363 Å². The number of amides is 11. The number of carbonyl (C=O) groups excluding carboxylic acids is 11. The zero-order valence-electron chi connectivity index (χ0n) is 48.5. The lowest BCUT2D eigenvalue weighted by atomic mass is 9.96. The molecule has 11 amide bonds. The van der Waals surface area contributed by atoms with Crippen molar-refractivity contribution < 1.29 is 71.2 Å². The average Bonchev–Trinajstić information content (AvgIpc) is 3.88. The summed E-state index contributed by atoms with van der Waals surface area (Å²) < 4.78 is 87.5. The number of hydrogen-bond acceptors (Lipinski definition) is 13. The van der Waals surface area contributed by atoms with Crippen LogP contribution in [0.25, 0.3) is 0 Å². The number of primary amides is 3. The van der Waals surface area contributed by atoms with Crippen LogP contribution in [-0.4, -0.2) is 144 Å². The van der Waals surface area contributed by atoms with Gasteiger partial charge in [-0.3, -0.25) is 52.7 Å². The minimum Gasteiger partial charge on any atom is -0.497 e. The second-order valence-electron chi connectivity index (χ2n) is 16.3. The van der Waals surface area contributed by atoms with Crippen LogP contribution in [0.15, 0.2) is 24.3 Å². The van der Waals surface area contributed by atoms with Gasteiger partial charge in [-0.15, -0.1) is 0 Å². The van der Waals surface area contributed by atoms with Crippen molar-refractivity contribution in [3.05, 3.63) is 29.8 Å². The summed E-state index contributed by atoms with van der Waals surface area (Å²) >= 11 is 0.981. The summed E-state index contributed by atoms with van der Waals surface area (Å²) in [5, 5.41) is 16.0. The molecule has 1 aromatic carbocycles. The van der Waals surface area contributed by atoms with Gasteiger partial charge < -0.3 is 64.1 Å². The van der Waals surface area contributed by atoms with E-state index in [1.807, 2.05) is 0 Å². The van der Waals surface area contributed by atoms with Crippen molar-refractivity contribution in [3.8, 4) is 5.75 Å². The molecule has 24 heteroatoms. The monoisotopic (exact) mass is 998 g/mol. The Kier molecular flexibility index (Phi) is 17.4. The number of nitrogens with one attached hydrogen (secondary N) is 7. The van der Waals surface area contributed by atoms with Crippen molar-refractivity contribution in [2.24, 2.45) is 29.0 Å². The van der Waals surface area contributed by atoms with Crippen LogP contribution >= 0.6 is 11.8 Å². The van der Waals surface area contributed by atoms with Crippen LogP contribution < -0.4 is 59.2 Å². The van der Waals surface area contributed by atoms with Gasteiger partial charge in [0.25, 0.3) is 0 Å². The van der Waals surface area contributed by atoms with Gasteiger partial charge in [0.2, 0.25) is 65.0 Å². The van der Waals surface area contributed by atoms with Gasteiger partial charge in [0, 0.05) is 43.9 Å². The van der Waals surface area contributed by atoms with E-state index in [0.717, 1.165) is 16.7 Å². The van der Waals surface area contributed by atoms with E-state index < -0.39 is 165 Å². The van der Waals surface area contributed by atoms with Crippen LogP contribution in [0.5, 0.6) is 5.75 Å². The van der Waals surface area contributed by atoms with Crippen LogP contribution in [0.2, 0.25) is 0 Å². The third kappa shape index (κ3) is 18.9. The highest BCUT2D eigenvalue weighted by molar-refractivity contribution is 7.99. The fourth-order valence-electron chi connectivity index (χ4n) is 7.15. The van der Waals surface area contributed by atoms with Crippen molar-refractivity contribution >= 4 is 76.7 Å². The number of hydrogen-bond donors (Lipinski definition) is 10. The van der Waals surface area contributed by atoms with Crippen LogP contribution in [0, 0.1) is 11.8 Å². The first kappa shape index (κ1) is 42.6. The van der Waals surface area contributed by atoms with Gasteiger partial charge in [0.1, 0.15) is 48.0 Å². The lowest BCUT2D eigenvalue weighted by molar-refractivity contribution is -0.142. The quantitative estimate of drug-likeness (QED) is 0.0728. The largest absolute Gasteiger partial charge is 0.497 e. The molecule has 2 aliphatic heterocycles. The predicted octanol–water partition coefficient (Wildman–Crippen LogP) is -2.50. The van der Waals surface area contributed by atoms with E-state index in [4.69, 9.17) is 35.6 Å². The summed E-state index contributed by atoms with van der Waals surface area (Å²) in [7, 11) is 1.46. The number of likely N-dealkylation sites (tertiary alicyclic amines) is 1. The zero-order valence-corrected chi connectivity index (χ0v) is 39.3. The molecule has 2 fully saturated rings. The molecule has 0 spiro atoms. The molecule has 2 heterocycles. The van der Waals surface area contributed by atoms with Gasteiger partial charge in [-0.05, 0) is 67.3 Å². The Hall–Kier alpha value is -6.46. The Labute approximate surface area is 419 Å². The number of methoxy groups -OCH3 is 1. The summed E-state index contributed by atoms with van der Waals surface area (Å²) in [5.74, 6) is -17.5. The number of benzene rings is 1. The second kappa shape index (κ2) is 28.1. The Morgan fingerprint density at radius 2 is 1.55 bits per heavy atom. The number of ether oxygens (including phenoxy) is 1. The molecule has 0 saturated carbocycles. The molecule has 0 aromatic heterocycles. The number of thioether (sulfide) groups is 1. The molecule has 0 unspecified atom stereocenters. The van der Waals surface area contributed by atoms with Gasteiger partial charge >= 0.3 is 0 Å². The van der Waals surface area contributed by atoms with E-state index in [1.165, 1.54) is 7.11 Å². The Morgan fingerprint density at radius 1 is 0.884 bits per heavy atom. The highest BCUT2D eigenvalue weighted by Gasteiger charge is 2.40. The molecule has 8 atom stereocenters. The molecule has 0 radical (unpaired) electrons. The van der Waals surface area contributed by atoms with E-state index in [-0.39, 0.29) is 50.2 Å².